The van der Waals surface area contributed by atoms with Crippen molar-refractivity contribution in [3.63, 3.8) is 0 Å². The van der Waals surface area contributed by atoms with Crippen molar-refractivity contribution in [2.45, 2.75) is 0 Å². The average molecular weight is 141 g/mol. The van der Waals surface area contributed by atoms with Gasteiger partial charge in [-0.1, -0.05) is 0 Å². The molecule has 0 spiro atoms. The molecule has 0 fully saturated rings. The van der Waals surface area contributed by atoms with E-state index in [4.69, 9.17) is 0 Å². The second-order valence-electron chi connectivity index (χ2n) is 1.06. The molecule has 0 aromatic heterocycles. The Kier molecular flexibility index (Phi) is 1.91. The molecule has 0 aliphatic heterocycles. The Morgan fingerprint density at radius 1 is 1.00 bits per heavy atom. The summed E-state index contributed by atoms with van der Waals surface area (Å²) in [5.41, 5.74) is -0.759. The Morgan fingerprint density at radius 3 is 1.29 bits per heavy atom. The van der Waals surface area contributed by atoms with Gasteiger partial charge in [-0.25, -0.2) is 0 Å². The zero-order chi connectivity index (χ0) is 4.57. The minimum Gasteiger partial charge on any atom is -0.286 e. The standard InChI is InChI=1S/C4H2O2.Ni/c5-3-1-2-4(3)6;/h1-2H;. The van der Waals surface area contributed by atoms with Gasteiger partial charge in [0, 0.05) is 16.5 Å². The van der Waals surface area contributed by atoms with Crippen molar-refractivity contribution in [1.82, 2.24) is 0 Å². The molecule has 0 saturated carbocycles. The summed E-state index contributed by atoms with van der Waals surface area (Å²) in [6.07, 6.45) is 0. The van der Waals surface area contributed by atoms with Crippen LogP contribution >= 0.6 is 0 Å². The Balaban J connectivity index is 0.000000360. The van der Waals surface area contributed by atoms with E-state index in [0.717, 1.165) is 0 Å². The van der Waals surface area contributed by atoms with Gasteiger partial charge in [0.15, 0.2) is 0 Å². The van der Waals surface area contributed by atoms with E-state index in [-0.39, 0.29) is 27.3 Å². The first-order valence-corrected chi connectivity index (χ1v) is 1.57. The second-order valence-corrected chi connectivity index (χ2v) is 1.06. The molecule has 0 atom stereocenters. The smallest absolute Gasteiger partial charge is 0.225 e. The quantitative estimate of drug-likeness (QED) is 0.352. The summed E-state index contributed by atoms with van der Waals surface area (Å²) < 4.78 is 0. The molecule has 1 aromatic rings. The van der Waals surface area contributed by atoms with Crippen molar-refractivity contribution >= 4 is 0 Å². The third-order valence-electron chi connectivity index (χ3n) is 0.629. The van der Waals surface area contributed by atoms with Crippen LogP contribution in [0.3, 0.4) is 0 Å². The van der Waals surface area contributed by atoms with Crippen LogP contribution < -0.4 is 10.9 Å². The van der Waals surface area contributed by atoms with Crippen molar-refractivity contribution in [2.24, 2.45) is 0 Å². The normalized spacial score (nSPS) is 8.00. The van der Waals surface area contributed by atoms with Crippen LogP contribution in [0.4, 0.5) is 0 Å². The van der Waals surface area contributed by atoms with Gasteiger partial charge in [0.2, 0.25) is 10.9 Å². The molecule has 0 amide bonds. The molecule has 0 aliphatic carbocycles. The van der Waals surface area contributed by atoms with Crippen LogP contribution in [-0.4, -0.2) is 0 Å². The SMILES string of the molecule is O=c1ccc1=O.[Ni]. The molecule has 1 rings (SSSR count). The molecule has 40 valence electrons. The van der Waals surface area contributed by atoms with Crippen LogP contribution in [0.2, 0.25) is 0 Å². The summed E-state index contributed by atoms with van der Waals surface area (Å²) >= 11 is 0. The Labute approximate surface area is 49.8 Å². The molecule has 0 aliphatic rings. The predicted molar refractivity (Wildman–Crippen MR) is 21.4 cm³/mol. The summed E-state index contributed by atoms with van der Waals surface area (Å²) in [7, 11) is 0. The largest absolute Gasteiger partial charge is 0.286 e. The van der Waals surface area contributed by atoms with Crippen LogP contribution in [-0.2, 0) is 16.5 Å². The minimum atomic E-state index is -0.380. The molecule has 1 aromatic carbocycles. The van der Waals surface area contributed by atoms with Crippen LogP contribution in [0.25, 0.3) is 0 Å². The molecule has 7 heavy (non-hydrogen) atoms. The fourth-order valence-electron chi connectivity index (χ4n) is 0.219. The summed E-state index contributed by atoms with van der Waals surface area (Å²) in [6.45, 7) is 0. The van der Waals surface area contributed by atoms with E-state index in [2.05, 4.69) is 0 Å². The van der Waals surface area contributed by atoms with Crippen molar-refractivity contribution in [2.75, 3.05) is 0 Å². The Morgan fingerprint density at radius 2 is 1.29 bits per heavy atom. The van der Waals surface area contributed by atoms with Gasteiger partial charge in [-0.05, 0) is 12.1 Å². The molecular formula is C4H2NiO2. The van der Waals surface area contributed by atoms with Gasteiger partial charge in [-0.3, -0.25) is 9.59 Å². The maximum absolute atomic E-state index is 9.79. The van der Waals surface area contributed by atoms with Gasteiger partial charge < -0.3 is 0 Å². The van der Waals surface area contributed by atoms with Crippen LogP contribution in [0.1, 0.15) is 0 Å². The number of rotatable bonds is 0. The van der Waals surface area contributed by atoms with E-state index in [1.165, 1.54) is 12.1 Å². The first kappa shape index (κ1) is 6.57. The van der Waals surface area contributed by atoms with Crippen LogP contribution in [0, 0.1) is 0 Å². The predicted octanol–water partition coefficient (Wildman–Crippen LogP) is -0.720. The topological polar surface area (TPSA) is 34.1 Å². The Bertz CT molecular complexity index is 185. The zero-order valence-corrected chi connectivity index (χ0v) is 4.28. The van der Waals surface area contributed by atoms with Crippen molar-refractivity contribution < 1.29 is 16.5 Å². The van der Waals surface area contributed by atoms with Crippen molar-refractivity contribution in [1.29, 1.82) is 0 Å². The zero-order valence-electron chi connectivity index (χ0n) is 3.29. The summed E-state index contributed by atoms with van der Waals surface area (Å²) in [5, 5.41) is 0. The third kappa shape index (κ3) is 0.968. The molecular weight excluding hydrogens is 139 g/mol. The van der Waals surface area contributed by atoms with Gasteiger partial charge in [-0.2, -0.15) is 0 Å². The van der Waals surface area contributed by atoms with Gasteiger partial charge in [0.25, 0.3) is 0 Å². The molecule has 0 N–H and O–H groups in total. The van der Waals surface area contributed by atoms with Gasteiger partial charge in [0.05, 0.1) is 0 Å². The second kappa shape index (κ2) is 2.03. The minimum absolute atomic E-state index is 0. The van der Waals surface area contributed by atoms with Crippen LogP contribution in [0.15, 0.2) is 21.7 Å². The first-order valence-electron chi connectivity index (χ1n) is 1.57. The number of hydrogen-bond donors (Lipinski definition) is 0. The van der Waals surface area contributed by atoms with Gasteiger partial charge in [0.1, 0.15) is 0 Å². The summed E-state index contributed by atoms with van der Waals surface area (Å²) in [4.78, 5) is 19.6. The van der Waals surface area contributed by atoms with E-state index in [0.29, 0.717) is 0 Å². The molecule has 0 heterocycles. The number of hydrogen-bond acceptors (Lipinski definition) is 2. The van der Waals surface area contributed by atoms with Gasteiger partial charge >= 0.3 is 0 Å². The van der Waals surface area contributed by atoms with Gasteiger partial charge in [-0.15, -0.1) is 0 Å². The Hall–Kier alpha value is -0.426. The van der Waals surface area contributed by atoms with Crippen molar-refractivity contribution in [3.8, 4) is 0 Å². The third-order valence-corrected chi connectivity index (χ3v) is 0.629. The molecule has 0 saturated heterocycles. The maximum atomic E-state index is 9.79. The molecule has 0 unspecified atom stereocenters. The first-order chi connectivity index (χ1) is 2.80. The van der Waals surface area contributed by atoms with E-state index < -0.39 is 0 Å². The van der Waals surface area contributed by atoms with Crippen LogP contribution in [0.5, 0.6) is 0 Å². The summed E-state index contributed by atoms with van der Waals surface area (Å²) in [6, 6.07) is 2.50. The fraction of sp³-hybridized carbons (Fsp3) is 0. The van der Waals surface area contributed by atoms with E-state index in [1.807, 2.05) is 0 Å². The maximum Gasteiger partial charge on any atom is 0.225 e. The molecule has 2 nitrogen and oxygen atoms in total. The summed E-state index contributed by atoms with van der Waals surface area (Å²) in [5.74, 6) is 0. The average Bonchev–Trinajstić information content (AvgIpc) is 1.61. The monoisotopic (exact) mass is 140 g/mol. The molecule has 0 radical (unpaired) electrons. The fourth-order valence-corrected chi connectivity index (χ4v) is 0.219. The van der Waals surface area contributed by atoms with E-state index in [9.17, 15) is 9.59 Å². The molecule has 0 bridgehead atoms. The van der Waals surface area contributed by atoms with E-state index >= 15 is 0 Å². The van der Waals surface area contributed by atoms with E-state index in [1.54, 1.807) is 0 Å². The molecule has 3 heteroatoms. The van der Waals surface area contributed by atoms with Crippen molar-refractivity contribution in [3.05, 3.63) is 32.6 Å².